The van der Waals surface area contributed by atoms with E-state index in [0.29, 0.717) is 29.7 Å². The molecular weight excluding hydrogens is 361 g/mol. The van der Waals surface area contributed by atoms with Crippen molar-refractivity contribution >= 4 is 0 Å². The van der Waals surface area contributed by atoms with Gasteiger partial charge in [-0.25, -0.2) is 13.2 Å². The molecule has 0 fully saturated rings. The lowest BCUT2D eigenvalue weighted by Gasteiger charge is -2.11. The number of benzene rings is 2. The molecule has 0 spiro atoms. The Balaban J connectivity index is 1.97. The lowest BCUT2D eigenvalue weighted by molar-refractivity contribution is 0.192. The molecule has 0 saturated carbocycles. The van der Waals surface area contributed by atoms with Gasteiger partial charge in [-0.1, -0.05) is 70.2 Å². The summed E-state index contributed by atoms with van der Waals surface area (Å²) >= 11 is 0. The summed E-state index contributed by atoms with van der Waals surface area (Å²) in [5, 5.41) is 0. The van der Waals surface area contributed by atoms with Crippen molar-refractivity contribution in [3.05, 3.63) is 53.6 Å². The van der Waals surface area contributed by atoms with Crippen molar-refractivity contribution < 1.29 is 17.9 Å². The molecule has 4 heteroatoms. The molecule has 1 atom stereocenters. The van der Waals surface area contributed by atoms with Crippen molar-refractivity contribution in [2.75, 3.05) is 6.61 Å². The molecular formula is C24H31F3O. The highest BCUT2D eigenvalue weighted by Crippen LogP contribution is 2.28. The molecule has 0 aromatic heterocycles. The van der Waals surface area contributed by atoms with Crippen molar-refractivity contribution in [3.63, 3.8) is 0 Å². The molecule has 0 radical (unpaired) electrons. The molecule has 2 rings (SSSR count). The molecule has 0 N–H and O–H groups in total. The van der Waals surface area contributed by atoms with Gasteiger partial charge in [0.15, 0.2) is 11.6 Å². The number of ether oxygens (including phenoxy) is 1. The standard InChI is InChI=1S/C24H31F3O/c1-3-5-6-7-8-9-10-19-13-16-22(24(27)23(19)26)18-11-14-21(15-12-18)28-17-20(25)4-2/h11-16,20H,3-10,17H2,1-2H3. The van der Waals surface area contributed by atoms with Gasteiger partial charge in [-0.15, -0.1) is 0 Å². The van der Waals surface area contributed by atoms with E-state index >= 15 is 0 Å². The van der Waals surface area contributed by atoms with Gasteiger partial charge in [0.2, 0.25) is 0 Å². The van der Waals surface area contributed by atoms with Crippen molar-refractivity contribution in [1.82, 2.24) is 0 Å². The van der Waals surface area contributed by atoms with Crippen LogP contribution in [0.1, 0.15) is 64.4 Å². The van der Waals surface area contributed by atoms with E-state index in [1.165, 1.54) is 19.3 Å². The quantitative estimate of drug-likeness (QED) is 0.337. The van der Waals surface area contributed by atoms with E-state index in [-0.39, 0.29) is 12.2 Å². The summed E-state index contributed by atoms with van der Waals surface area (Å²) < 4.78 is 47.6. The Morgan fingerprint density at radius 1 is 0.821 bits per heavy atom. The molecule has 28 heavy (non-hydrogen) atoms. The number of hydrogen-bond acceptors (Lipinski definition) is 1. The van der Waals surface area contributed by atoms with Gasteiger partial charge in [0, 0.05) is 5.56 Å². The van der Waals surface area contributed by atoms with E-state index in [1.807, 2.05) is 0 Å². The van der Waals surface area contributed by atoms with Crippen LogP contribution in [0.2, 0.25) is 0 Å². The van der Waals surface area contributed by atoms with E-state index in [4.69, 9.17) is 4.74 Å². The summed E-state index contributed by atoms with van der Waals surface area (Å²) in [6, 6.07) is 9.95. The fraction of sp³-hybridized carbons (Fsp3) is 0.500. The Kier molecular flexibility index (Phi) is 9.39. The Hall–Kier alpha value is -1.97. The third kappa shape index (κ3) is 6.57. The summed E-state index contributed by atoms with van der Waals surface area (Å²) in [5.41, 5.74) is 1.24. The first-order valence-electron chi connectivity index (χ1n) is 10.4. The van der Waals surface area contributed by atoms with Crippen LogP contribution in [0.15, 0.2) is 36.4 Å². The minimum absolute atomic E-state index is 0.00796. The van der Waals surface area contributed by atoms with Gasteiger partial charge in [0.05, 0.1) is 0 Å². The maximum atomic E-state index is 14.6. The number of hydrogen-bond donors (Lipinski definition) is 0. The van der Waals surface area contributed by atoms with Crippen LogP contribution in [0.3, 0.4) is 0 Å². The Bertz CT molecular complexity index is 713. The third-order valence-electron chi connectivity index (χ3n) is 5.00. The molecule has 0 saturated heterocycles. The zero-order valence-corrected chi connectivity index (χ0v) is 16.9. The highest BCUT2D eigenvalue weighted by molar-refractivity contribution is 5.65. The Morgan fingerprint density at radius 3 is 2.18 bits per heavy atom. The van der Waals surface area contributed by atoms with Gasteiger partial charge >= 0.3 is 0 Å². The first-order valence-corrected chi connectivity index (χ1v) is 10.4. The molecule has 0 aliphatic rings. The van der Waals surface area contributed by atoms with Gasteiger partial charge < -0.3 is 4.74 Å². The van der Waals surface area contributed by atoms with Crippen LogP contribution in [0, 0.1) is 11.6 Å². The Labute approximate surface area is 166 Å². The van der Waals surface area contributed by atoms with Gasteiger partial charge in [-0.2, -0.15) is 0 Å². The molecule has 2 aromatic carbocycles. The number of rotatable bonds is 12. The fourth-order valence-corrected chi connectivity index (χ4v) is 3.14. The van der Waals surface area contributed by atoms with E-state index in [0.717, 1.165) is 19.3 Å². The first kappa shape index (κ1) is 22.3. The molecule has 0 aliphatic heterocycles. The van der Waals surface area contributed by atoms with E-state index in [2.05, 4.69) is 6.92 Å². The summed E-state index contributed by atoms with van der Waals surface area (Å²) in [7, 11) is 0. The van der Waals surface area contributed by atoms with E-state index in [9.17, 15) is 13.2 Å². The van der Waals surface area contributed by atoms with Crippen LogP contribution in [-0.2, 0) is 6.42 Å². The SMILES string of the molecule is CCCCCCCCc1ccc(-c2ccc(OCC(F)CC)cc2)c(F)c1F. The van der Waals surface area contributed by atoms with E-state index in [1.54, 1.807) is 43.3 Å². The lowest BCUT2D eigenvalue weighted by atomic mass is 9.99. The van der Waals surface area contributed by atoms with Gasteiger partial charge in [0.25, 0.3) is 0 Å². The largest absolute Gasteiger partial charge is 0.491 e. The molecule has 1 unspecified atom stereocenters. The average molecular weight is 393 g/mol. The van der Waals surface area contributed by atoms with Crippen LogP contribution in [0.4, 0.5) is 13.2 Å². The van der Waals surface area contributed by atoms with Crippen LogP contribution in [0.5, 0.6) is 5.75 Å². The predicted molar refractivity (Wildman–Crippen MR) is 110 cm³/mol. The molecule has 1 nitrogen and oxygen atoms in total. The topological polar surface area (TPSA) is 9.23 Å². The number of halogens is 3. The highest BCUT2D eigenvalue weighted by atomic mass is 19.2. The minimum Gasteiger partial charge on any atom is -0.491 e. The smallest absolute Gasteiger partial charge is 0.166 e. The van der Waals surface area contributed by atoms with Crippen molar-refractivity contribution in [2.45, 2.75) is 71.4 Å². The summed E-state index contributed by atoms with van der Waals surface area (Å²) in [6.45, 7) is 3.92. The predicted octanol–water partition coefficient (Wildman–Crippen LogP) is 7.66. The second kappa shape index (κ2) is 11.8. The maximum absolute atomic E-state index is 14.6. The van der Waals surface area contributed by atoms with Gasteiger partial charge in [-0.05, 0) is 42.5 Å². The second-order valence-electron chi connectivity index (χ2n) is 7.26. The molecule has 0 bridgehead atoms. The molecule has 0 amide bonds. The average Bonchev–Trinajstić information content (AvgIpc) is 2.72. The van der Waals surface area contributed by atoms with Gasteiger partial charge in [-0.3, -0.25) is 0 Å². The summed E-state index contributed by atoms with van der Waals surface area (Å²) in [4.78, 5) is 0. The van der Waals surface area contributed by atoms with Crippen LogP contribution < -0.4 is 4.74 Å². The van der Waals surface area contributed by atoms with Crippen LogP contribution in [0.25, 0.3) is 11.1 Å². The highest BCUT2D eigenvalue weighted by Gasteiger charge is 2.15. The molecule has 154 valence electrons. The summed E-state index contributed by atoms with van der Waals surface area (Å²) in [5.74, 6) is -1.05. The number of aryl methyl sites for hydroxylation is 1. The second-order valence-corrected chi connectivity index (χ2v) is 7.26. The summed E-state index contributed by atoms with van der Waals surface area (Å²) in [6.07, 6.45) is 6.64. The van der Waals surface area contributed by atoms with Crippen molar-refractivity contribution in [2.24, 2.45) is 0 Å². The number of unbranched alkanes of at least 4 members (excludes halogenated alkanes) is 5. The van der Waals surface area contributed by atoms with E-state index < -0.39 is 17.8 Å². The zero-order chi connectivity index (χ0) is 20.4. The van der Waals surface area contributed by atoms with Crippen LogP contribution in [-0.4, -0.2) is 12.8 Å². The molecule has 2 aromatic rings. The lowest BCUT2D eigenvalue weighted by Crippen LogP contribution is -2.11. The zero-order valence-electron chi connectivity index (χ0n) is 16.9. The molecule has 0 heterocycles. The van der Waals surface area contributed by atoms with Crippen LogP contribution >= 0.6 is 0 Å². The maximum Gasteiger partial charge on any atom is 0.166 e. The van der Waals surface area contributed by atoms with Crippen molar-refractivity contribution in [1.29, 1.82) is 0 Å². The normalized spacial score (nSPS) is 12.2. The Morgan fingerprint density at radius 2 is 1.50 bits per heavy atom. The fourth-order valence-electron chi connectivity index (χ4n) is 3.14. The first-order chi connectivity index (χ1) is 13.6. The number of alkyl halides is 1. The van der Waals surface area contributed by atoms with Crippen molar-refractivity contribution in [3.8, 4) is 16.9 Å². The molecule has 0 aliphatic carbocycles. The minimum atomic E-state index is -1.01. The third-order valence-corrected chi connectivity index (χ3v) is 5.00. The van der Waals surface area contributed by atoms with Gasteiger partial charge in [0.1, 0.15) is 18.5 Å². The monoisotopic (exact) mass is 392 g/mol.